The molecule has 0 radical (unpaired) electrons. The lowest BCUT2D eigenvalue weighted by Crippen LogP contribution is -2.51. The van der Waals surface area contributed by atoms with Gasteiger partial charge >= 0.3 is 6.03 Å². The van der Waals surface area contributed by atoms with Gasteiger partial charge in [0.25, 0.3) is 11.8 Å². The number of carbonyl (C=O) groups is 3. The molecule has 2 aromatic rings. The molecular weight excluding hydrogens is 420 g/mol. The van der Waals surface area contributed by atoms with Crippen LogP contribution in [0.5, 0.6) is 11.5 Å². The first-order valence-electron chi connectivity index (χ1n) is 9.58. The molecule has 31 heavy (non-hydrogen) atoms. The number of ether oxygens (including phenoxy) is 2. The van der Waals surface area contributed by atoms with Crippen LogP contribution in [0.3, 0.4) is 0 Å². The number of urea groups is 1. The molecule has 0 aliphatic carbocycles. The van der Waals surface area contributed by atoms with Crippen molar-refractivity contribution in [3.05, 3.63) is 76.3 Å². The van der Waals surface area contributed by atoms with E-state index in [1.807, 2.05) is 25.1 Å². The van der Waals surface area contributed by atoms with E-state index >= 15 is 0 Å². The predicted molar refractivity (Wildman–Crippen MR) is 117 cm³/mol. The molecule has 2 aromatic carbocycles. The van der Waals surface area contributed by atoms with Crippen LogP contribution in [0.4, 0.5) is 4.79 Å². The Bertz CT molecular complexity index is 1060. The minimum Gasteiger partial charge on any atom is -0.490 e. The summed E-state index contributed by atoms with van der Waals surface area (Å²) in [5, 5.41) is 4.70. The molecule has 2 N–H and O–H groups in total. The molecule has 1 aliphatic heterocycles. The van der Waals surface area contributed by atoms with Crippen molar-refractivity contribution in [2.24, 2.45) is 0 Å². The topological polar surface area (TPSA) is 93.7 Å². The van der Waals surface area contributed by atoms with E-state index < -0.39 is 17.8 Å². The second kappa shape index (κ2) is 9.95. The van der Waals surface area contributed by atoms with Crippen molar-refractivity contribution in [3.63, 3.8) is 0 Å². The van der Waals surface area contributed by atoms with Gasteiger partial charge in [0.15, 0.2) is 11.5 Å². The van der Waals surface area contributed by atoms with Gasteiger partial charge in [-0.3, -0.25) is 20.2 Å². The maximum absolute atomic E-state index is 12.1. The molecule has 0 spiro atoms. The maximum Gasteiger partial charge on any atom is 0.328 e. The number of imide groups is 2. The van der Waals surface area contributed by atoms with Crippen LogP contribution in [0.15, 0.2) is 54.6 Å². The van der Waals surface area contributed by atoms with Crippen molar-refractivity contribution in [1.82, 2.24) is 10.6 Å². The highest BCUT2D eigenvalue weighted by Crippen LogP contribution is 2.35. The van der Waals surface area contributed by atoms with Crippen LogP contribution >= 0.6 is 11.6 Å². The number of rotatable bonds is 8. The Balaban J connectivity index is 1.99. The maximum atomic E-state index is 12.1. The van der Waals surface area contributed by atoms with Crippen molar-refractivity contribution >= 4 is 35.5 Å². The zero-order chi connectivity index (χ0) is 22.4. The van der Waals surface area contributed by atoms with Gasteiger partial charge in [-0.2, -0.15) is 0 Å². The highest BCUT2D eigenvalue weighted by atomic mass is 35.5. The van der Waals surface area contributed by atoms with Crippen LogP contribution in [0, 0.1) is 0 Å². The quantitative estimate of drug-likeness (QED) is 0.370. The average Bonchev–Trinajstić information content (AvgIpc) is 2.71. The second-order valence-corrected chi connectivity index (χ2v) is 7.02. The Morgan fingerprint density at radius 3 is 2.39 bits per heavy atom. The molecule has 160 valence electrons. The standard InChI is InChI=1S/C23H21ClN2O5/c1-3-7-15-10-14(11-17-21(27)25-23(29)26-22(17)28)12-19(30-4-2)20(15)31-13-16-8-5-6-9-18(16)24/h3,5-6,8-12H,1,4,7,13H2,2H3,(H2,25,26,27,28,29). The minimum atomic E-state index is -0.849. The Morgan fingerprint density at radius 2 is 1.74 bits per heavy atom. The number of benzene rings is 2. The van der Waals surface area contributed by atoms with Crippen LogP contribution < -0.4 is 20.1 Å². The fraction of sp³-hybridized carbons (Fsp3) is 0.174. The predicted octanol–water partition coefficient (Wildman–Crippen LogP) is 3.80. The van der Waals surface area contributed by atoms with E-state index in [1.165, 1.54) is 6.08 Å². The number of hydrogen-bond donors (Lipinski definition) is 2. The molecule has 1 fully saturated rings. The minimum absolute atomic E-state index is 0.184. The summed E-state index contributed by atoms with van der Waals surface area (Å²) in [6.07, 6.45) is 3.57. The summed E-state index contributed by atoms with van der Waals surface area (Å²) in [5.41, 5.74) is 1.94. The number of nitrogens with one attached hydrogen (secondary N) is 2. The Kier molecular flexibility index (Phi) is 7.10. The molecular formula is C23H21ClN2O5. The molecule has 1 saturated heterocycles. The van der Waals surface area contributed by atoms with Crippen molar-refractivity contribution in [2.75, 3.05) is 6.61 Å². The number of amides is 4. The van der Waals surface area contributed by atoms with Crippen LogP contribution in [0.25, 0.3) is 6.08 Å². The van der Waals surface area contributed by atoms with Gasteiger partial charge in [0.2, 0.25) is 0 Å². The molecule has 7 nitrogen and oxygen atoms in total. The molecule has 0 saturated carbocycles. The zero-order valence-corrected chi connectivity index (χ0v) is 17.6. The molecule has 0 bridgehead atoms. The van der Waals surface area contributed by atoms with E-state index in [-0.39, 0.29) is 12.2 Å². The number of hydrogen-bond acceptors (Lipinski definition) is 5. The normalized spacial score (nSPS) is 13.4. The summed E-state index contributed by atoms with van der Waals surface area (Å²) < 4.78 is 11.8. The van der Waals surface area contributed by atoms with E-state index in [1.54, 1.807) is 24.3 Å². The van der Waals surface area contributed by atoms with E-state index in [0.717, 1.165) is 11.1 Å². The molecule has 0 atom stereocenters. The first kappa shape index (κ1) is 22.1. The first-order valence-corrected chi connectivity index (χ1v) is 9.96. The molecule has 8 heteroatoms. The molecule has 4 amide bonds. The van der Waals surface area contributed by atoms with Gasteiger partial charge in [0, 0.05) is 16.1 Å². The third kappa shape index (κ3) is 5.32. The number of carbonyl (C=O) groups excluding carboxylic acids is 3. The van der Waals surface area contributed by atoms with Crippen molar-refractivity contribution in [2.45, 2.75) is 20.0 Å². The molecule has 0 aromatic heterocycles. The number of allylic oxidation sites excluding steroid dienone is 1. The molecule has 0 unspecified atom stereocenters. The average molecular weight is 441 g/mol. The van der Waals surface area contributed by atoms with Gasteiger partial charge in [-0.25, -0.2) is 4.79 Å². The lowest BCUT2D eigenvalue weighted by Gasteiger charge is -2.18. The van der Waals surface area contributed by atoms with E-state index in [9.17, 15) is 14.4 Å². The van der Waals surface area contributed by atoms with Crippen LogP contribution in [0.2, 0.25) is 5.02 Å². The molecule has 1 aliphatic rings. The van der Waals surface area contributed by atoms with Gasteiger partial charge in [0.1, 0.15) is 12.2 Å². The van der Waals surface area contributed by atoms with Gasteiger partial charge < -0.3 is 9.47 Å². The smallest absolute Gasteiger partial charge is 0.328 e. The molecule has 1 heterocycles. The third-order valence-electron chi connectivity index (χ3n) is 4.40. The van der Waals surface area contributed by atoms with Gasteiger partial charge in [0.05, 0.1) is 6.61 Å². The van der Waals surface area contributed by atoms with E-state index in [2.05, 4.69) is 17.2 Å². The lowest BCUT2D eigenvalue weighted by molar-refractivity contribution is -0.123. The highest BCUT2D eigenvalue weighted by Gasteiger charge is 2.28. The summed E-state index contributed by atoms with van der Waals surface area (Å²) in [6, 6.07) is 9.97. The summed E-state index contributed by atoms with van der Waals surface area (Å²) >= 11 is 6.23. The Labute approximate surface area is 184 Å². The number of barbiturate groups is 1. The van der Waals surface area contributed by atoms with Gasteiger partial charge in [-0.1, -0.05) is 35.9 Å². The summed E-state index contributed by atoms with van der Waals surface area (Å²) in [4.78, 5) is 35.4. The van der Waals surface area contributed by atoms with Crippen molar-refractivity contribution < 1.29 is 23.9 Å². The van der Waals surface area contributed by atoms with E-state index in [0.29, 0.717) is 35.1 Å². The van der Waals surface area contributed by atoms with Crippen LogP contribution in [-0.4, -0.2) is 24.5 Å². The van der Waals surface area contributed by atoms with Crippen LogP contribution in [0.1, 0.15) is 23.6 Å². The summed E-state index contributed by atoms with van der Waals surface area (Å²) in [5.74, 6) is -0.558. The summed E-state index contributed by atoms with van der Waals surface area (Å²) in [7, 11) is 0. The van der Waals surface area contributed by atoms with E-state index in [4.69, 9.17) is 21.1 Å². The SMILES string of the molecule is C=CCc1cc(C=C2C(=O)NC(=O)NC2=O)cc(OCC)c1OCc1ccccc1Cl. The Hall–Kier alpha value is -3.58. The lowest BCUT2D eigenvalue weighted by atomic mass is 10.0. The fourth-order valence-electron chi connectivity index (χ4n) is 3.04. The van der Waals surface area contributed by atoms with Crippen LogP contribution in [-0.2, 0) is 22.6 Å². The second-order valence-electron chi connectivity index (χ2n) is 6.61. The first-order chi connectivity index (χ1) is 14.9. The highest BCUT2D eigenvalue weighted by molar-refractivity contribution is 6.31. The molecule has 3 rings (SSSR count). The van der Waals surface area contributed by atoms with Crippen molar-refractivity contribution in [1.29, 1.82) is 0 Å². The monoisotopic (exact) mass is 440 g/mol. The van der Waals surface area contributed by atoms with Gasteiger partial charge in [-0.15, -0.1) is 6.58 Å². The fourth-order valence-corrected chi connectivity index (χ4v) is 3.23. The Morgan fingerprint density at radius 1 is 1.03 bits per heavy atom. The largest absolute Gasteiger partial charge is 0.490 e. The number of halogens is 1. The summed E-state index contributed by atoms with van der Waals surface area (Å²) in [6.45, 7) is 6.24. The zero-order valence-electron chi connectivity index (χ0n) is 16.9. The van der Waals surface area contributed by atoms with Crippen molar-refractivity contribution in [3.8, 4) is 11.5 Å². The third-order valence-corrected chi connectivity index (χ3v) is 4.77. The van der Waals surface area contributed by atoms with Gasteiger partial charge in [-0.05, 0) is 43.2 Å².